The van der Waals surface area contributed by atoms with Crippen LogP contribution in [0.3, 0.4) is 0 Å². The third kappa shape index (κ3) is 8.38. The van der Waals surface area contributed by atoms with Crippen molar-refractivity contribution in [2.45, 2.75) is 82.6 Å². The molecule has 2 bridgehead atoms. The maximum absolute atomic E-state index is 13.8. The summed E-state index contributed by atoms with van der Waals surface area (Å²) in [5.74, 6) is -5.42. The Hall–Kier alpha value is -4.24. The van der Waals surface area contributed by atoms with Gasteiger partial charge >= 0.3 is 5.97 Å². The van der Waals surface area contributed by atoms with Crippen molar-refractivity contribution in [3.63, 3.8) is 0 Å². The van der Waals surface area contributed by atoms with Crippen LogP contribution in [0.4, 0.5) is 0 Å². The third-order valence-electron chi connectivity index (χ3n) is 7.38. The van der Waals surface area contributed by atoms with Crippen molar-refractivity contribution >= 4 is 47.2 Å². The van der Waals surface area contributed by atoms with Gasteiger partial charge in [-0.05, 0) is 39.0 Å². The molecule has 0 radical (unpaired) electrons. The molecule has 3 rings (SSSR count). The highest BCUT2D eigenvalue weighted by Gasteiger charge is 2.50. The van der Waals surface area contributed by atoms with E-state index in [1.54, 1.807) is 6.92 Å². The quantitative estimate of drug-likeness (QED) is 0.0866. The Kier molecular flexibility index (Phi) is 10.6. The van der Waals surface area contributed by atoms with Crippen molar-refractivity contribution in [1.29, 1.82) is 0 Å². The monoisotopic (exact) mass is 578 g/mol. The highest BCUT2D eigenvalue weighted by Crippen LogP contribution is 2.35. The first kappa shape index (κ1) is 31.3. The average Bonchev–Trinajstić information content (AvgIpc) is 3.32. The zero-order valence-electron chi connectivity index (χ0n) is 23.1. The Morgan fingerprint density at radius 3 is 2.41 bits per heavy atom. The third-order valence-corrected chi connectivity index (χ3v) is 7.38. The molecule has 0 saturated carbocycles. The zero-order valence-corrected chi connectivity index (χ0v) is 23.1. The van der Waals surface area contributed by atoms with Crippen molar-refractivity contribution in [1.82, 2.24) is 31.5 Å². The Balaban J connectivity index is 1.94. The molecule has 3 saturated heterocycles. The molecule has 0 aromatic carbocycles. The van der Waals surface area contributed by atoms with Gasteiger partial charge in [-0.15, -0.1) is 0 Å². The molecule has 8 N–H and O–H groups in total. The smallest absolute Gasteiger partial charge is 0.305 e. The van der Waals surface area contributed by atoms with Gasteiger partial charge in [0, 0.05) is 32.0 Å². The number of nitrogens with two attached hydrogens (primary N) is 1. The number of fused-ring (bicyclic) bond motifs is 1. The lowest BCUT2D eigenvalue weighted by atomic mass is 9.85. The van der Waals surface area contributed by atoms with Crippen LogP contribution in [0.2, 0.25) is 0 Å². The van der Waals surface area contributed by atoms with Crippen LogP contribution in [-0.4, -0.2) is 107 Å². The number of amides is 6. The first-order valence-corrected chi connectivity index (χ1v) is 13.6. The van der Waals surface area contributed by atoms with E-state index >= 15 is 0 Å². The average molecular weight is 579 g/mol. The van der Waals surface area contributed by atoms with Crippen LogP contribution in [0.25, 0.3) is 0 Å². The van der Waals surface area contributed by atoms with Crippen molar-refractivity contribution in [2.75, 3.05) is 19.6 Å². The number of carbonyl (C=O) groups is 7. The Labute approximate surface area is 236 Å². The lowest BCUT2D eigenvalue weighted by molar-refractivity contribution is -0.149. The molecule has 3 fully saturated rings. The fourth-order valence-electron chi connectivity index (χ4n) is 5.47. The molecule has 6 amide bonds. The fraction of sp³-hybridized carbons (Fsp3) is 0.680. The van der Waals surface area contributed by atoms with Crippen molar-refractivity contribution < 1.29 is 38.7 Å². The number of carboxylic acid groups (broad SMARTS) is 1. The largest absolute Gasteiger partial charge is 0.481 e. The van der Waals surface area contributed by atoms with E-state index in [4.69, 9.17) is 5.73 Å². The molecule has 226 valence electrons. The number of aliphatic imine (C=N–C) groups is 1. The number of carbonyl (C=O) groups excluding carboxylic acids is 6. The first-order chi connectivity index (χ1) is 19.4. The van der Waals surface area contributed by atoms with E-state index in [0.29, 0.717) is 38.1 Å². The Morgan fingerprint density at radius 1 is 1.02 bits per heavy atom. The summed E-state index contributed by atoms with van der Waals surface area (Å²) in [7, 11) is 0. The summed E-state index contributed by atoms with van der Waals surface area (Å²) in [4.78, 5) is 94.6. The molecule has 0 aromatic heterocycles. The predicted molar refractivity (Wildman–Crippen MR) is 143 cm³/mol. The van der Waals surface area contributed by atoms with Crippen LogP contribution < -0.4 is 32.3 Å². The van der Waals surface area contributed by atoms with Gasteiger partial charge in [-0.2, -0.15) is 0 Å². The fourth-order valence-corrected chi connectivity index (χ4v) is 5.47. The Bertz CT molecular complexity index is 1110. The highest BCUT2D eigenvalue weighted by atomic mass is 16.4. The normalized spacial score (nSPS) is 29.4. The summed E-state index contributed by atoms with van der Waals surface area (Å²) < 4.78 is 0. The molecule has 6 atom stereocenters. The summed E-state index contributed by atoms with van der Waals surface area (Å²) in [6.45, 7) is 2.72. The second kappa shape index (κ2) is 13.9. The van der Waals surface area contributed by atoms with Crippen LogP contribution in [-0.2, 0) is 33.6 Å². The van der Waals surface area contributed by atoms with Crippen LogP contribution >= 0.6 is 0 Å². The lowest BCUT2D eigenvalue weighted by Crippen LogP contribution is -2.65. The van der Waals surface area contributed by atoms with Crippen molar-refractivity contribution in [3.8, 4) is 0 Å². The molecule has 16 nitrogen and oxygen atoms in total. The summed E-state index contributed by atoms with van der Waals surface area (Å²) in [5, 5.41) is 22.0. The van der Waals surface area contributed by atoms with Gasteiger partial charge < -0.3 is 42.3 Å². The molecule has 3 heterocycles. The van der Waals surface area contributed by atoms with Gasteiger partial charge in [-0.3, -0.25) is 38.6 Å². The number of aliphatic carboxylic acids is 1. The summed E-state index contributed by atoms with van der Waals surface area (Å²) >= 11 is 0. The van der Waals surface area contributed by atoms with Crippen LogP contribution in [0.5, 0.6) is 0 Å². The minimum absolute atomic E-state index is 0.0639. The van der Waals surface area contributed by atoms with Gasteiger partial charge in [-0.1, -0.05) is 0 Å². The Morgan fingerprint density at radius 2 is 1.76 bits per heavy atom. The van der Waals surface area contributed by atoms with E-state index in [1.165, 1.54) is 11.8 Å². The van der Waals surface area contributed by atoms with Crippen LogP contribution in [0, 0.1) is 5.92 Å². The number of hydrogen-bond acceptors (Lipinski definition) is 8. The predicted octanol–water partition coefficient (Wildman–Crippen LogP) is -3.28. The van der Waals surface area contributed by atoms with Gasteiger partial charge in [0.1, 0.15) is 24.2 Å². The number of rotatable bonds is 8. The lowest BCUT2D eigenvalue weighted by Gasteiger charge is -2.42. The van der Waals surface area contributed by atoms with E-state index in [0.717, 1.165) is 0 Å². The van der Waals surface area contributed by atoms with Gasteiger partial charge in [-0.25, -0.2) is 0 Å². The van der Waals surface area contributed by atoms with Gasteiger partial charge in [0.05, 0.1) is 18.8 Å². The number of amidine groups is 1. The number of carboxylic acids is 1. The summed E-state index contributed by atoms with van der Waals surface area (Å²) in [6.07, 6.45) is 0.964. The second-order valence-corrected chi connectivity index (χ2v) is 10.6. The van der Waals surface area contributed by atoms with E-state index in [1.807, 2.05) is 0 Å². The molecule has 41 heavy (non-hydrogen) atoms. The molecule has 3 aliphatic rings. The van der Waals surface area contributed by atoms with E-state index in [-0.39, 0.29) is 24.9 Å². The molecular weight excluding hydrogens is 540 g/mol. The molecule has 0 spiro atoms. The number of nitrogens with zero attached hydrogens (tertiary/aromatic N) is 2. The van der Waals surface area contributed by atoms with Crippen LogP contribution in [0.15, 0.2) is 4.99 Å². The van der Waals surface area contributed by atoms with Gasteiger partial charge in [0.25, 0.3) is 0 Å². The molecule has 16 heteroatoms. The topological polar surface area (TPSA) is 241 Å². The van der Waals surface area contributed by atoms with Crippen LogP contribution in [0.1, 0.15) is 52.4 Å². The van der Waals surface area contributed by atoms with E-state index in [9.17, 15) is 38.7 Å². The number of hydrogen-bond donors (Lipinski definition) is 7. The number of piperidine rings is 1. The minimum Gasteiger partial charge on any atom is -0.481 e. The van der Waals surface area contributed by atoms with Crippen molar-refractivity contribution in [2.24, 2.45) is 16.6 Å². The van der Waals surface area contributed by atoms with E-state index < -0.39 is 78.6 Å². The molecule has 0 aliphatic carbocycles. The standard InChI is InChI=1S/C25H38N8O8/c1-12(26)27-7-3-4-16-22(38)29-11-19(35)30-17(9-20(36)37)23(39)32-21-14(10-28-13(2)34)8-15-5-6-18(24(40)31-16)33(15)25(21)41/h14-18,21H,3-11H2,1-2H3,(H2,26,27)(H,28,34)(H,29,38)(H,30,35)(H,31,40)(H,32,39)(H,36,37)/t14-,15-,16-,17-,18-,21+/m0/s1. The molecule has 0 unspecified atom stereocenters. The van der Waals surface area contributed by atoms with Crippen molar-refractivity contribution in [3.05, 3.63) is 0 Å². The highest BCUT2D eigenvalue weighted by molar-refractivity contribution is 5.98. The molecule has 0 aromatic rings. The summed E-state index contributed by atoms with van der Waals surface area (Å²) in [6, 6.07) is -5.04. The maximum Gasteiger partial charge on any atom is 0.305 e. The first-order valence-electron chi connectivity index (χ1n) is 13.6. The second-order valence-electron chi connectivity index (χ2n) is 10.6. The SMILES string of the molecule is CC(=O)NC[C@@H]1C[C@@H]2CC[C@H]3C(=O)N[C@@H](CCCN=C(C)N)C(=O)NCC(=O)N[C@@H](CC(=O)O)C(=O)N[C@H]1C(=O)N23. The minimum atomic E-state index is -1.55. The van der Waals surface area contributed by atoms with Gasteiger partial charge in [0.2, 0.25) is 35.4 Å². The number of nitrogens with one attached hydrogen (secondary N) is 5. The van der Waals surface area contributed by atoms with Gasteiger partial charge in [0.15, 0.2) is 0 Å². The molecular formula is C25H38N8O8. The summed E-state index contributed by atoms with van der Waals surface area (Å²) in [5.41, 5.74) is 5.56. The molecule has 3 aliphatic heterocycles. The zero-order chi connectivity index (χ0) is 30.3. The maximum atomic E-state index is 13.8. The van der Waals surface area contributed by atoms with E-state index in [2.05, 4.69) is 31.6 Å².